The van der Waals surface area contributed by atoms with Crippen LogP contribution >= 0.6 is 0 Å². The molecule has 0 fully saturated rings. The molecule has 6 nitrogen and oxygen atoms in total. The first-order valence-electron chi connectivity index (χ1n) is 6.25. The molecule has 0 aliphatic carbocycles. The summed E-state index contributed by atoms with van der Waals surface area (Å²) in [5, 5.41) is 11.2. The van der Waals surface area contributed by atoms with Gasteiger partial charge in [0.1, 0.15) is 17.5 Å². The van der Waals surface area contributed by atoms with Gasteiger partial charge in [-0.05, 0) is 31.2 Å². The van der Waals surface area contributed by atoms with Gasteiger partial charge >= 0.3 is 5.97 Å². The summed E-state index contributed by atoms with van der Waals surface area (Å²) in [5.74, 6) is 1.62. The van der Waals surface area contributed by atoms with Gasteiger partial charge in [-0.25, -0.2) is 4.79 Å². The van der Waals surface area contributed by atoms with Crippen molar-refractivity contribution in [1.29, 1.82) is 0 Å². The summed E-state index contributed by atoms with van der Waals surface area (Å²) in [6, 6.07) is 5.57. The summed E-state index contributed by atoms with van der Waals surface area (Å²) in [6.45, 7) is 1.52. The van der Waals surface area contributed by atoms with E-state index in [0.29, 0.717) is 11.5 Å². The van der Waals surface area contributed by atoms with Crippen LogP contribution in [0.3, 0.4) is 0 Å². The summed E-state index contributed by atoms with van der Waals surface area (Å²) in [5.41, 5.74) is 0. The molecule has 2 atom stereocenters. The van der Waals surface area contributed by atoms with Crippen molar-refractivity contribution in [2.24, 2.45) is 0 Å². The molecule has 1 amide bonds. The first-order valence-corrected chi connectivity index (χ1v) is 6.25. The van der Waals surface area contributed by atoms with Crippen LogP contribution in [0.4, 0.5) is 0 Å². The molecule has 112 valence electrons. The normalized spacial score (nSPS) is 12.6. The zero-order valence-corrected chi connectivity index (χ0v) is 11.8. The van der Waals surface area contributed by atoms with Crippen LogP contribution in [0.5, 0.6) is 11.5 Å². The number of methoxy groups -OCH3 is 1. The number of rotatable bonds is 7. The number of carbonyl (C=O) groups is 2. The molecule has 21 heavy (non-hydrogen) atoms. The van der Waals surface area contributed by atoms with Crippen LogP contribution in [0.2, 0.25) is 0 Å². The number of hydrogen-bond donors (Lipinski definition) is 2. The van der Waals surface area contributed by atoms with Gasteiger partial charge in [0.15, 0.2) is 6.10 Å². The van der Waals surface area contributed by atoms with Crippen molar-refractivity contribution in [3.05, 3.63) is 24.3 Å². The summed E-state index contributed by atoms with van der Waals surface area (Å²) >= 11 is 0. The smallest absolute Gasteiger partial charge is 0.327 e. The number of carbonyl (C=O) groups excluding carboxylic acids is 1. The van der Waals surface area contributed by atoms with Crippen molar-refractivity contribution in [2.75, 3.05) is 7.11 Å². The zero-order chi connectivity index (χ0) is 15.8. The largest absolute Gasteiger partial charge is 0.497 e. The predicted octanol–water partition coefficient (Wildman–Crippen LogP) is 1.06. The molecule has 2 unspecified atom stereocenters. The number of ether oxygens (including phenoxy) is 2. The van der Waals surface area contributed by atoms with Gasteiger partial charge in [-0.2, -0.15) is 0 Å². The van der Waals surface area contributed by atoms with Crippen molar-refractivity contribution < 1.29 is 24.2 Å². The molecule has 6 heteroatoms. The molecule has 1 rings (SSSR count). The second-order valence-corrected chi connectivity index (χ2v) is 4.24. The average molecular weight is 291 g/mol. The molecule has 0 heterocycles. The van der Waals surface area contributed by atoms with E-state index in [0.717, 1.165) is 0 Å². The molecule has 0 bridgehead atoms. The molecule has 0 aromatic heterocycles. The molecule has 0 saturated carbocycles. The first-order chi connectivity index (χ1) is 9.97. The molecule has 1 aromatic carbocycles. The number of benzene rings is 1. The first kappa shape index (κ1) is 16.4. The maximum Gasteiger partial charge on any atom is 0.327 e. The van der Waals surface area contributed by atoms with Crippen LogP contribution in [0, 0.1) is 12.3 Å². The van der Waals surface area contributed by atoms with E-state index in [9.17, 15) is 9.59 Å². The highest BCUT2D eigenvalue weighted by molar-refractivity contribution is 5.86. The van der Waals surface area contributed by atoms with Gasteiger partial charge in [0, 0.05) is 6.42 Å². The molecule has 0 spiro atoms. The lowest BCUT2D eigenvalue weighted by molar-refractivity contribution is -0.142. The minimum Gasteiger partial charge on any atom is -0.497 e. The van der Waals surface area contributed by atoms with Crippen LogP contribution in [0.15, 0.2) is 24.3 Å². The summed E-state index contributed by atoms with van der Waals surface area (Å²) in [7, 11) is 1.55. The van der Waals surface area contributed by atoms with E-state index in [4.69, 9.17) is 21.0 Å². The molecular formula is C15H17NO5. The Morgan fingerprint density at radius 3 is 2.38 bits per heavy atom. The minimum absolute atomic E-state index is 0.0870. The van der Waals surface area contributed by atoms with Crippen molar-refractivity contribution >= 4 is 11.9 Å². The number of amides is 1. The molecule has 1 aromatic rings. The minimum atomic E-state index is -1.18. The highest BCUT2D eigenvalue weighted by atomic mass is 16.5. The van der Waals surface area contributed by atoms with Crippen molar-refractivity contribution in [1.82, 2.24) is 5.32 Å². The van der Waals surface area contributed by atoms with E-state index < -0.39 is 24.0 Å². The number of hydrogen-bond acceptors (Lipinski definition) is 4. The number of terminal acetylenes is 1. The Balaban J connectivity index is 2.61. The predicted molar refractivity (Wildman–Crippen MR) is 76.1 cm³/mol. The lowest BCUT2D eigenvalue weighted by Gasteiger charge is -2.17. The van der Waals surface area contributed by atoms with Crippen molar-refractivity contribution in [3.8, 4) is 23.8 Å². The average Bonchev–Trinajstić information content (AvgIpc) is 2.47. The zero-order valence-electron chi connectivity index (χ0n) is 11.8. The molecule has 0 saturated heterocycles. The molecule has 0 aliphatic rings. The lowest BCUT2D eigenvalue weighted by Crippen LogP contribution is -2.46. The number of carboxylic acid groups (broad SMARTS) is 1. The van der Waals surface area contributed by atoms with Crippen molar-refractivity contribution in [3.63, 3.8) is 0 Å². The van der Waals surface area contributed by atoms with Gasteiger partial charge < -0.3 is 19.9 Å². The highest BCUT2D eigenvalue weighted by Gasteiger charge is 2.23. The highest BCUT2D eigenvalue weighted by Crippen LogP contribution is 2.18. The van der Waals surface area contributed by atoms with E-state index in [1.165, 1.54) is 6.92 Å². The van der Waals surface area contributed by atoms with E-state index in [1.807, 2.05) is 0 Å². The van der Waals surface area contributed by atoms with E-state index in [1.54, 1.807) is 31.4 Å². The van der Waals surface area contributed by atoms with Gasteiger partial charge in [-0.3, -0.25) is 4.79 Å². The maximum absolute atomic E-state index is 11.9. The van der Waals surface area contributed by atoms with Gasteiger partial charge in [0.2, 0.25) is 0 Å². The third-order valence-electron chi connectivity index (χ3n) is 2.68. The Labute approximate surface area is 123 Å². The fourth-order valence-electron chi connectivity index (χ4n) is 1.52. The summed E-state index contributed by atoms with van der Waals surface area (Å²) < 4.78 is 10.4. The van der Waals surface area contributed by atoms with Crippen LogP contribution in [0.25, 0.3) is 0 Å². The van der Waals surface area contributed by atoms with Gasteiger partial charge in [0.05, 0.1) is 7.11 Å². The Morgan fingerprint density at radius 2 is 1.90 bits per heavy atom. The Morgan fingerprint density at radius 1 is 1.33 bits per heavy atom. The van der Waals surface area contributed by atoms with Gasteiger partial charge in [0.25, 0.3) is 5.91 Å². The van der Waals surface area contributed by atoms with Crippen molar-refractivity contribution in [2.45, 2.75) is 25.5 Å². The number of nitrogens with one attached hydrogen (secondary N) is 1. The second-order valence-electron chi connectivity index (χ2n) is 4.24. The summed E-state index contributed by atoms with van der Waals surface area (Å²) in [6.07, 6.45) is 4.13. The van der Waals surface area contributed by atoms with E-state index in [-0.39, 0.29) is 6.42 Å². The summed E-state index contributed by atoms with van der Waals surface area (Å²) in [4.78, 5) is 22.8. The third-order valence-corrected chi connectivity index (χ3v) is 2.68. The molecule has 2 N–H and O–H groups in total. The fourth-order valence-corrected chi connectivity index (χ4v) is 1.52. The van der Waals surface area contributed by atoms with Gasteiger partial charge in [-0.1, -0.05) is 0 Å². The van der Waals surface area contributed by atoms with E-state index >= 15 is 0 Å². The number of carboxylic acids is 1. The fraction of sp³-hybridized carbons (Fsp3) is 0.333. The Kier molecular flexibility index (Phi) is 6.08. The molecule has 0 radical (unpaired) electrons. The quantitative estimate of drug-likeness (QED) is 0.734. The van der Waals surface area contributed by atoms with Gasteiger partial charge in [-0.15, -0.1) is 12.3 Å². The van der Waals surface area contributed by atoms with Crippen LogP contribution in [0.1, 0.15) is 13.3 Å². The van der Waals surface area contributed by atoms with E-state index in [2.05, 4.69) is 11.2 Å². The molecule has 0 aliphatic heterocycles. The Bertz CT molecular complexity index is 532. The standard InChI is InChI=1S/C15H17NO5/c1-4-5-13(15(18)19)16-14(17)10(2)21-12-8-6-11(20-3)7-9-12/h1,6-10,13H,5H2,2-3H3,(H,16,17)(H,18,19). The lowest BCUT2D eigenvalue weighted by atomic mass is 10.2. The topological polar surface area (TPSA) is 84.9 Å². The maximum atomic E-state index is 11.9. The monoisotopic (exact) mass is 291 g/mol. The Hall–Kier alpha value is -2.68. The SMILES string of the molecule is C#CCC(NC(=O)C(C)Oc1ccc(OC)cc1)C(=O)O. The number of aliphatic carboxylic acids is 1. The second kappa shape index (κ2) is 7.80. The van der Waals surface area contributed by atoms with Crippen LogP contribution < -0.4 is 14.8 Å². The van der Waals surface area contributed by atoms with Crippen LogP contribution in [-0.2, 0) is 9.59 Å². The van der Waals surface area contributed by atoms with Crippen LogP contribution in [-0.4, -0.2) is 36.2 Å². The third kappa shape index (κ3) is 5.07. The molecular weight excluding hydrogens is 274 g/mol.